The fourth-order valence-corrected chi connectivity index (χ4v) is 9.69. The number of carbonyl (C=O) groups is 3. The van der Waals surface area contributed by atoms with E-state index in [-0.39, 0.29) is 31.1 Å². The summed E-state index contributed by atoms with van der Waals surface area (Å²) < 4.78 is 16.9. The normalized spacial score (nSPS) is 12.2. The minimum Gasteiger partial charge on any atom is -0.462 e. The van der Waals surface area contributed by atoms with Crippen LogP contribution in [0, 0.1) is 0 Å². The molecule has 0 aromatic heterocycles. The molecule has 1 atom stereocenters. The van der Waals surface area contributed by atoms with Crippen LogP contribution in [0.5, 0.6) is 0 Å². The van der Waals surface area contributed by atoms with Gasteiger partial charge in [0.15, 0.2) is 6.10 Å². The number of hydrogen-bond donors (Lipinski definition) is 0. The maximum atomic E-state index is 12.9. The van der Waals surface area contributed by atoms with Crippen molar-refractivity contribution < 1.29 is 28.6 Å². The molecule has 0 aromatic rings. The van der Waals surface area contributed by atoms with Crippen molar-refractivity contribution in [1.29, 1.82) is 0 Å². The average Bonchev–Trinajstić information content (AvgIpc) is 3.39. The zero-order valence-electron chi connectivity index (χ0n) is 49.2. The van der Waals surface area contributed by atoms with Gasteiger partial charge in [0.05, 0.1) is 0 Å². The van der Waals surface area contributed by atoms with E-state index in [1.165, 1.54) is 238 Å². The van der Waals surface area contributed by atoms with Gasteiger partial charge in [-0.25, -0.2) is 0 Å². The van der Waals surface area contributed by atoms with Crippen molar-refractivity contribution in [2.75, 3.05) is 13.2 Å². The molecular weight excluding hydrogens is 901 g/mol. The molecule has 0 saturated carbocycles. The third kappa shape index (κ3) is 60.4. The summed E-state index contributed by atoms with van der Waals surface area (Å²) >= 11 is 0. The van der Waals surface area contributed by atoms with Crippen molar-refractivity contribution in [3.05, 3.63) is 36.5 Å². The van der Waals surface area contributed by atoms with Crippen LogP contribution in [-0.2, 0) is 28.6 Å². The zero-order chi connectivity index (χ0) is 52.9. The van der Waals surface area contributed by atoms with E-state index in [1.54, 1.807) is 0 Å². The standard InChI is InChI=1S/C67H124O6/c1-4-7-10-13-16-19-22-24-26-28-30-31-32-33-34-35-36-37-39-40-42-45-48-51-54-57-60-66(69)72-63-64(62-71-65(68)59-56-53-50-47-44-21-18-15-12-9-6-3)73-67(70)61-58-55-52-49-46-43-41-38-29-27-25-23-20-17-14-11-8-5-2/h15,18,20,23,27,29,64H,4-14,16-17,19,21-22,24-26,28,30-63H2,1-3H3/b18-15-,23-20-,29-27-. The highest BCUT2D eigenvalue weighted by atomic mass is 16.6. The first-order valence-corrected chi connectivity index (χ1v) is 32.5. The summed E-state index contributed by atoms with van der Waals surface area (Å²) in [6, 6.07) is 0. The van der Waals surface area contributed by atoms with Crippen LogP contribution in [0.1, 0.15) is 355 Å². The lowest BCUT2D eigenvalue weighted by Gasteiger charge is -2.18. The number of unbranched alkanes of at least 4 members (excludes halogenated alkanes) is 43. The molecule has 0 aromatic carbocycles. The first-order valence-electron chi connectivity index (χ1n) is 32.5. The molecule has 428 valence electrons. The molecule has 0 bridgehead atoms. The Morgan fingerprint density at radius 2 is 0.507 bits per heavy atom. The Morgan fingerprint density at radius 3 is 0.822 bits per heavy atom. The highest BCUT2D eigenvalue weighted by Crippen LogP contribution is 2.18. The SMILES string of the molecule is CCCC/C=C\CCCCCCCC(=O)OCC(COC(=O)CCCCCCCCCCCCCCCCCCCCCCCCCCCC)OC(=O)CCCCCCCCC/C=C\C/C=C\CCCCCC. The third-order valence-electron chi connectivity index (χ3n) is 14.6. The molecule has 0 fully saturated rings. The largest absolute Gasteiger partial charge is 0.462 e. The molecule has 0 rings (SSSR count). The fourth-order valence-electron chi connectivity index (χ4n) is 9.69. The lowest BCUT2D eigenvalue weighted by molar-refractivity contribution is -0.167. The van der Waals surface area contributed by atoms with Crippen molar-refractivity contribution >= 4 is 17.9 Å². The Labute approximate surface area is 455 Å². The van der Waals surface area contributed by atoms with Crippen LogP contribution in [0.15, 0.2) is 36.5 Å². The summed E-state index contributed by atoms with van der Waals surface area (Å²) in [5.41, 5.74) is 0. The number of rotatable bonds is 60. The molecule has 0 aliphatic heterocycles. The van der Waals surface area contributed by atoms with Gasteiger partial charge in [-0.2, -0.15) is 0 Å². The van der Waals surface area contributed by atoms with Gasteiger partial charge < -0.3 is 14.2 Å². The van der Waals surface area contributed by atoms with Gasteiger partial charge in [-0.15, -0.1) is 0 Å². The van der Waals surface area contributed by atoms with Crippen LogP contribution >= 0.6 is 0 Å². The molecule has 6 nitrogen and oxygen atoms in total. The highest BCUT2D eigenvalue weighted by Gasteiger charge is 2.19. The van der Waals surface area contributed by atoms with Gasteiger partial charge in [-0.3, -0.25) is 14.4 Å². The lowest BCUT2D eigenvalue weighted by Crippen LogP contribution is -2.30. The topological polar surface area (TPSA) is 78.9 Å². The summed E-state index contributed by atoms with van der Waals surface area (Å²) in [7, 11) is 0. The molecule has 1 unspecified atom stereocenters. The second-order valence-electron chi connectivity index (χ2n) is 22.0. The van der Waals surface area contributed by atoms with Crippen LogP contribution < -0.4 is 0 Å². The molecule has 0 N–H and O–H groups in total. The van der Waals surface area contributed by atoms with Gasteiger partial charge >= 0.3 is 17.9 Å². The monoisotopic (exact) mass is 1020 g/mol. The fraction of sp³-hybridized carbons (Fsp3) is 0.866. The van der Waals surface area contributed by atoms with E-state index in [4.69, 9.17) is 14.2 Å². The summed E-state index contributed by atoms with van der Waals surface area (Å²) in [6.45, 7) is 6.63. The van der Waals surface area contributed by atoms with Crippen LogP contribution in [0.25, 0.3) is 0 Å². The van der Waals surface area contributed by atoms with E-state index in [0.29, 0.717) is 19.3 Å². The Hall–Kier alpha value is -2.37. The van der Waals surface area contributed by atoms with E-state index >= 15 is 0 Å². The van der Waals surface area contributed by atoms with Gasteiger partial charge in [-0.1, -0.05) is 301 Å². The summed E-state index contributed by atoms with van der Waals surface area (Å²) in [5, 5.41) is 0. The minimum atomic E-state index is -0.777. The molecular formula is C67H124O6. The minimum absolute atomic E-state index is 0.0742. The number of ether oxygens (including phenoxy) is 3. The smallest absolute Gasteiger partial charge is 0.306 e. The molecule has 0 amide bonds. The quantitative estimate of drug-likeness (QED) is 0.0261. The highest BCUT2D eigenvalue weighted by molar-refractivity contribution is 5.71. The van der Waals surface area contributed by atoms with Crippen molar-refractivity contribution in [3.63, 3.8) is 0 Å². The molecule has 0 aliphatic carbocycles. The maximum absolute atomic E-state index is 12.9. The van der Waals surface area contributed by atoms with E-state index < -0.39 is 6.10 Å². The molecule has 0 spiro atoms. The maximum Gasteiger partial charge on any atom is 0.306 e. The third-order valence-corrected chi connectivity index (χ3v) is 14.6. The van der Waals surface area contributed by atoms with E-state index in [2.05, 4.69) is 57.2 Å². The summed E-state index contributed by atoms with van der Waals surface area (Å²) in [5.74, 6) is -0.871. The molecule has 0 saturated heterocycles. The first kappa shape index (κ1) is 70.6. The second-order valence-corrected chi connectivity index (χ2v) is 22.0. The van der Waals surface area contributed by atoms with Crippen LogP contribution in [0.3, 0.4) is 0 Å². The Balaban J connectivity index is 4.19. The van der Waals surface area contributed by atoms with Crippen LogP contribution in [0.2, 0.25) is 0 Å². The van der Waals surface area contributed by atoms with E-state index in [9.17, 15) is 14.4 Å². The zero-order valence-corrected chi connectivity index (χ0v) is 49.2. The second kappa shape index (κ2) is 62.2. The van der Waals surface area contributed by atoms with Crippen molar-refractivity contribution in [2.24, 2.45) is 0 Å². The van der Waals surface area contributed by atoms with Gasteiger partial charge in [0, 0.05) is 19.3 Å². The molecule has 6 heteroatoms. The van der Waals surface area contributed by atoms with Gasteiger partial charge in [-0.05, 0) is 70.6 Å². The number of esters is 3. The summed E-state index contributed by atoms with van der Waals surface area (Å²) in [6.07, 6.45) is 76.0. The molecule has 0 radical (unpaired) electrons. The number of hydrogen-bond acceptors (Lipinski definition) is 6. The van der Waals surface area contributed by atoms with Gasteiger partial charge in [0.1, 0.15) is 13.2 Å². The Bertz CT molecular complexity index is 1220. The molecule has 0 aliphatic rings. The molecule has 0 heterocycles. The van der Waals surface area contributed by atoms with E-state index in [1.807, 2.05) is 0 Å². The van der Waals surface area contributed by atoms with Gasteiger partial charge in [0.25, 0.3) is 0 Å². The van der Waals surface area contributed by atoms with Crippen molar-refractivity contribution in [2.45, 2.75) is 361 Å². The lowest BCUT2D eigenvalue weighted by atomic mass is 10.0. The Kier molecular flexibility index (Phi) is 60.2. The number of carbonyl (C=O) groups excluding carboxylic acids is 3. The van der Waals surface area contributed by atoms with Crippen molar-refractivity contribution in [3.8, 4) is 0 Å². The van der Waals surface area contributed by atoms with Gasteiger partial charge in [0.2, 0.25) is 0 Å². The number of allylic oxidation sites excluding steroid dienone is 6. The average molecular weight is 1030 g/mol. The Morgan fingerprint density at radius 1 is 0.274 bits per heavy atom. The first-order chi connectivity index (χ1) is 36.0. The van der Waals surface area contributed by atoms with Crippen LogP contribution in [-0.4, -0.2) is 37.2 Å². The van der Waals surface area contributed by atoms with Crippen molar-refractivity contribution in [1.82, 2.24) is 0 Å². The van der Waals surface area contributed by atoms with E-state index in [0.717, 1.165) is 77.0 Å². The molecule has 73 heavy (non-hydrogen) atoms. The van der Waals surface area contributed by atoms with Crippen LogP contribution in [0.4, 0.5) is 0 Å². The predicted molar refractivity (Wildman–Crippen MR) is 316 cm³/mol. The summed E-state index contributed by atoms with van der Waals surface area (Å²) in [4.78, 5) is 38.2. The predicted octanol–water partition coefficient (Wildman–Crippen LogP) is 22.0.